The Labute approximate surface area is 218 Å². The molecule has 2 fully saturated rings. The van der Waals surface area contributed by atoms with E-state index in [-0.39, 0.29) is 27.9 Å². The van der Waals surface area contributed by atoms with E-state index in [0.717, 1.165) is 39.0 Å². The highest BCUT2D eigenvalue weighted by atomic mass is 16.5. The first-order valence-corrected chi connectivity index (χ1v) is 13.5. The molecule has 0 spiro atoms. The predicted octanol–water partition coefficient (Wildman–Crippen LogP) is 5.34. The van der Waals surface area contributed by atoms with Crippen molar-refractivity contribution in [3.05, 3.63) is 51.9 Å². The summed E-state index contributed by atoms with van der Waals surface area (Å²) in [5.41, 5.74) is 2.02. The highest BCUT2D eigenvalue weighted by Crippen LogP contribution is 2.41. The average molecular weight is 507 g/mol. The Kier molecular flexibility index (Phi) is 7.45. The molecule has 0 unspecified atom stereocenters. The van der Waals surface area contributed by atoms with E-state index in [0.29, 0.717) is 52.9 Å². The van der Waals surface area contributed by atoms with Gasteiger partial charge in [-0.3, -0.25) is 14.6 Å². The van der Waals surface area contributed by atoms with E-state index in [1.807, 2.05) is 0 Å². The van der Waals surface area contributed by atoms with Crippen LogP contribution in [0.1, 0.15) is 50.7 Å². The summed E-state index contributed by atoms with van der Waals surface area (Å²) in [5, 5.41) is 23.1. The Hall–Kier alpha value is -3.03. The van der Waals surface area contributed by atoms with E-state index in [2.05, 4.69) is 23.6 Å². The number of benzene rings is 2. The second-order valence-corrected chi connectivity index (χ2v) is 11.0. The van der Waals surface area contributed by atoms with E-state index in [1.54, 1.807) is 31.4 Å². The average Bonchev–Trinajstić information content (AvgIpc) is 2.89. The molecule has 0 bridgehead atoms. The van der Waals surface area contributed by atoms with Gasteiger partial charge >= 0.3 is 0 Å². The van der Waals surface area contributed by atoms with Gasteiger partial charge in [-0.1, -0.05) is 26.0 Å². The van der Waals surface area contributed by atoms with Crippen LogP contribution in [0.5, 0.6) is 17.2 Å². The predicted molar refractivity (Wildman–Crippen MR) is 145 cm³/mol. The minimum atomic E-state index is -0.301. The van der Waals surface area contributed by atoms with E-state index < -0.39 is 0 Å². The monoisotopic (exact) mass is 506 g/mol. The fraction of sp³-hybridized carbons (Fsp3) is 0.500. The maximum Gasteiger partial charge on any atom is 0.204 e. The van der Waals surface area contributed by atoms with Gasteiger partial charge in [-0.2, -0.15) is 0 Å². The second kappa shape index (κ2) is 10.8. The number of piperidine rings is 2. The first kappa shape index (κ1) is 25.6. The zero-order valence-electron chi connectivity index (χ0n) is 22.1. The third kappa shape index (κ3) is 5.20. The molecule has 0 radical (unpaired) electrons. The highest BCUT2D eigenvalue weighted by molar-refractivity contribution is 5.92. The van der Waals surface area contributed by atoms with Crippen LogP contribution in [0.4, 0.5) is 0 Å². The van der Waals surface area contributed by atoms with Crippen LogP contribution in [0.3, 0.4) is 0 Å². The Morgan fingerprint density at radius 1 is 0.919 bits per heavy atom. The van der Waals surface area contributed by atoms with Crippen molar-refractivity contribution in [2.45, 2.75) is 52.6 Å². The lowest BCUT2D eigenvalue weighted by Crippen LogP contribution is -2.34. The third-order valence-corrected chi connectivity index (χ3v) is 8.01. The van der Waals surface area contributed by atoms with Gasteiger partial charge in [0.1, 0.15) is 34.5 Å². The normalized spacial score (nSPS) is 21.4. The minimum Gasteiger partial charge on any atom is -0.507 e. The quantitative estimate of drug-likeness (QED) is 0.466. The molecule has 1 aromatic heterocycles. The smallest absolute Gasteiger partial charge is 0.204 e. The topological polar surface area (TPSA) is 86.4 Å². The molecule has 0 amide bonds. The van der Waals surface area contributed by atoms with Crippen LogP contribution in [0.25, 0.3) is 22.1 Å². The Morgan fingerprint density at radius 3 is 2.08 bits per heavy atom. The number of likely N-dealkylation sites (tertiary alicyclic amines) is 2. The molecule has 2 saturated heterocycles. The lowest BCUT2D eigenvalue weighted by atomic mass is 9.95. The number of nitrogens with zero attached hydrogens (tertiary/aromatic N) is 2. The van der Waals surface area contributed by atoms with Crippen molar-refractivity contribution in [3.8, 4) is 28.4 Å². The summed E-state index contributed by atoms with van der Waals surface area (Å²) < 4.78 is 11.3. The van der Waals surface area contributed by atoms with Crippen LogP contribution in [-0.4, -0.2) is 53.3 Å². The van der Waals surface area contributed by atoms with Crippen molar-refractivity contribution in [1.29, 1.82) is 0 Å². The van der Waals surface area contributed by atoms with Gasteiger partial charge in [0.2, 0.25) is 5.43 Å². The van der Waals surface area contributed by atoms with Crippen LogP contribution in [-0.2, 0) is 13.1 Å². The number of fused-ring (bicyclic) bond motifs is 1. The van der Waals surface area contributed by atoms with Crippen molar-refractivity contribution in [3.63, 3.8) is 0 Å². The number of ether oxygens (including phenoxy) is 1. The number of hydrogen-bond donors (Lipinski definition) is 2. The first-order chi connectivity index (χ1) is 17.9. The molecule has 3 aromatic rings. The summed E-state index contributed by atoms with van der Waals surface area (Å²) in [6.07, 6.45) is 6.00. The number of phenolic OH excluding ortho intramolecular Hbond substituents is 2. The highest BCUT2D eigenvalue weighted by Gasteiger charge is 2.28. The summed E-state index contributed by atoms with van der Waals surface area (Å²) in [7, 11) is 1.60. The molecule has 198 valence electrons. The summed E-state index contributed by atoms with van der Waals surface area (Å²) in [6.45, 7) is 9.00. The molecule has 7 heteroatoms. The number of hydrogen-bond acceptors (Lipinski definition) is 7. The summed E-state index contributed by atoms with van der Waals surface area (Å²) in [4.78, 5) is 18.4. The van der Waals surface area contributed by atoms with Crippen LogP contribution in [0.2, 0.25) is 0 Å². The zero-order chi connectivity index (χ0) is 26.1. The summed E-state index contributed by atoms with van der Waals surface area (Å²) in [6, 6.07) is 7.20. The van der Waals surface area contributed by atoms with Gasteiger partial charge < -0.3 is 19.4 Å². The molecular formula is C30H38N2O5. The fourth-order valence-corrected chi connectivity index (χ4v) is 6.03. The molecule has 0 aliphatic carbocycles. The molecule has 2 aromatic carbocycles. The lowest BCUT2D eigenvalue weighted by Gasteiger charge is -2.33. The number of phenols is 2. The molecule has 2 aliphatic heterocycles. The molecule has 7 nitrogen and oxygen atoms in total. The Bertz CT molecular complexity index is 1320. The van der Waals surface area contributed by atoms with Gasteiger partial charge in [0.25, 0.3) is 0 Å². The van der Waals surface area contributed by atoms with E-state index in [4.69, 9.17) is 9.15 Å². The first-order valence-electron chi connectivity index (χ1n) is 13.5. The largest absolute Gasteiger partial charge is 0.507 e. The molecule has 2 aliphatic rings. The van der Waals surface area contributed by atoms with Gasteiger partial charge in [-0.15, -0.1) is 0 Å². The van der Waals surface area contributed by atoms with Gasteiger partial charge in [0, 0.05) is 26.2 Å². The zero-order valence-corrected chi connectivity index (χ0v) is 22.1. The van der Waals surface area contributed by atoms with Gasteiger partial charge in [-0.05, 0) is 68.3 Å². The molecule has 2 atom stereocenters. The molecule has 2 N–H and O–H groups in total. The fourth-order valence-electron chi connectivity index (χ4n) is 6.03. The van der Waals surface area contributed by atoms with Crippen molar-refractivity contribution in [2.75, 3.05) is 33.3 Å². The molecule has 37 heavy (non-hydrogen) atoms. The number of methoxy groups -OCH3 is 1. The van der Waals surface area contributed by atoms with Crippen LogP contribution in [0.15, 0.2) is 39.7 Å². The number of aromatic hydroxyl groups is 2. The summed E-state index contributed by atoms with van der Waals surface area (Å²) >= 11 is 0. The molecule has 5 rings (SSSR count). The van der Waals surface area contributed by atoms with Crippen LogP contribution in [0, 0.1) is 11.8 Å². The maximum absolute atomic E-state index is 13.8. The molecule has 0 saturated carbocycles. The van der Waals surface area contributed by atoms with Gasteiger partial charge in [0.05, 0.1) is 23.8 Å². The minimum absolute atomic E-state index is 0.0433. The van der Waals surface area contributed by atoms with Gasteiger partial charge in [0.15, 0.2) is 0 Å². The van der Waals surface area contributed by atoms with Crippen LogP contribution >= 0.6 is 0 Å². The standard InChI is InChI=1S/C30H38N2O5/c1-19-6-4-12-31(14-19)16-23-27(33)24(17-32-13-5-7-20(2)15-32)30-26(28(23)34)29(35)25(18-37-30)21-8-10-22(36-3)11-9-21/h8-11,18-20,33-34H,4-7,12-17H2,1-3H3/t19-,20-/m1/s1. The van der Waals surface area contributed by atoms with Crippen LogP contribution < -0.4 is 10.2 Å². The van der Waals surface area contributed by atoms with Crippen molar-refractivity contribution < 1.29 is 19.4 Å². The maximum atomic E-state index is 13.8. The third-order valence-electron chi connectivity index (χ3n) is 8.01. The SMILES string of the molecule is COc1ccc(-c2coc3c(CN4CCC[C@@H](C)C4)c(O)c(CN4CCC[C@@H](C)C4)c(O)c3c2=O)cc1. The molecular weight excluding hydrogens is 468 g/mol. The summed E-state index contributed by atoms with van der Waals surface area (Å²) in [5.74, 6) is 1.69. The van der Waals surface area contributed by atoms with Crippen molar-refractivity contribution in [2.24, 2.45) is 11.8 Å². The Morgan fingerprint density at radius 2 is 1.51 bits per heavy atom. The van der Waals surface area contributed by atoms with Gasteiger partial charge in [-0.25, -0.2) is 0 Å². The molecule has 3 heterocycles. The van der Waals surface area contributed by atoms with Crippen molar-refractivity contribution >= 4 is 11.0 Å². The van der Waals surface area contributed by atoms with E-state index in [9.17, 15) is 15.0 Å². The lowest BCUT2D eigenvalue weighted by molar-refractivity contribution is 0.170. The number of rotatable bonds is 6. The Balaban J connectivity index is 1.64. The van der Waals surface area contributed by atoms with E-state index >= 15 is 0 Å². The second-order valence-electron chi connectivity index (χ2n) is 11.0. The van der Waals surface area contributed by atoms with E-state index in [1.165, 1.54) is 19.1 Å². The van der Waals surface area contributed by atoms with Crippen molar-refractivity contribution in [1.82, 2.24) is 9.80 Å².